The molecule has 0 atom stereocenters. The number of nitrogens with one attached hydrogen (secondary N) is 1. The van der Waals surface area contributed by atoms with E-state index >= 15 is 0 Å². The van der Waals surface area contributed by atoms with Gasteiger partial charge < -0.3 is 5.32 Å². The lowest BCUT2D eigenvalue weighted by Crippen LogP contribution is -2.46. The summed E-state index contributed by atoms with van der Waals surface area (Å²) in [6, 6.07) is 10.4. The number of nitrogens with zero attached hydrogens (tertiary/aromatic N) is 1. The highest BCUT2D eigenvalue weighted by atomic mass is 16.2. The summed E-state index contributed by atoms with van der Waals surface area (Å²) in [5.41, 5.74) is 1.16. The molecule has 0 heterocycles. The predicted octanol–water partition coefficient (Wildman–Crippen LogP) is 2.47. The standard InChI is InChI=1S/C16H26N2O/c1-5-18(13-15(19)17-16(2,3)4)12-11-14-9-7-6-8-10-14/h6-10H,5,11-13H2,1-4H3,(H,17,19). The van der Waals surface area contributed by atoms with Crippen LogP contribution in [0.4, 0.5) is 0 Å². The Balaban J connectivity index is 2.39. The molecule has 0 unspecified atom stereocenters. The molecule has 0 aliphatic rings. The molecular formula is C16H26N2O. The number of carbonyl (C=O) groups excluding carboxylic acids is 1. The molecule has 106 valence electrons. The van der Waals surface area contributed by atoms with Crippen molar-refractivity contribution in [3.05, 3.63) is 35.9 Å². The molecule has 0 spiro atoms. The molecule has 3 heteroatoms. The van der Waals surface area contributed by atoms with E-state index in [1.54, 1.807) is 0 Å². The largest absolute Gasteiger partial charge is 0.350 e. The van der Waals surface area contributed by atoms with Crippen LogP contribution in [-0.2, 0) is 11.2 Å². The number of benzene rings is 1. The molecule has 3 nitrogen and oxygen atoms in total. The van der Waals surface area contributed by atoms with Crippen LogP contribution in [0.1, 0.15) is 33.3 Å². The van der Waals surface area contributed by atoms with Crippen molar-refractivity contribution in [3.8, 4) is 0 Å². The Morgan fingerprint density at radius 1 is 1.21 bits per heavy atom. The van der Waals surface area contributed by atoms with Crippen LogP contribution in [0, 0.1) is 0 Å². The summed E-state index contributed by atoms with van der Waals surface area (Å²) in [7, 11) is 0. The van der Waals surface area contributed by atoms with Crippen LogP contribution in [0.25, 0.3) is 0 Å². The van der Waals surface area contributed by atoms with Crippen LogP contribution < -0.4 is 5.32 Å². The summed E-state index contributed by atoms with van der Waals surface area (Å²) >= 11 is 0. The van der Waals surface area contributed by atoms with Crippen LogP contribution in [0.15, 0.2) is 30.3 Å². The summed E-state index contributed by atoms with van der Waals surface area (Å²) in [6.45, 7) is 10.4. The predicted molar refractivity (Wildman–Crippen MR) is 80.2 cm³/mol. The van der Waals surface area contributed by atoms with Gasteiger partial charge in [0, 0.05) is 12.1 Å². The topological polar surface area (TPSA) is 32.3 Å². The molecule has 19 heavy (non-hydrogen) atoms. The maximum Gasteiger partial charge on any atom is 0.234 e. The van der Waals surface area contributed by atoms with Crippen LogP contribution in [-0.4, -0.2) is 36.0 Å². The Morgan fingerprint density at radius 3 is 2.37 bits per heavy atom. The fraction of sp³-hybridized carbons (Fsp3) is 0.562. The van der Waals surface area contributed by atoms with Crippen molar-refractivity contribution >= 4 is 5.91 Å². The second-order valence-electron chi connectivity index (χ2n) is 5.90. The number of likely N-dealkylation sites (N-methyl/N-ethyl adjacent to an activating group) is 1. The van der Waals surface area contributed by atoms with E-state index in [4.69, 9.17) is 0 Å². The van der Waals surface area contributed by atoms with E-state index in [0.717, 1.165) is 19.5 Å². The lowest BCUT2D eigenvalue weighted by Gasteiger charge is -2.24. The number of carbonyl (C=O) groups is 1. The number of hydrogen-bond donors (Lipinski definition) is 1. The first-order chi connectivity index (χ1) is 8.90. The minimum atomic E-state index is -0.157. The smallest absolute Gasteiger partial charge is 0.234 e. The molecule has 0 radical (unpaired) electrons. The third kappa shape index (κ3) is 6.97. The molecule has 0 bridgehead atoms. The van der Waals surface area contributed by atoms with Gasteiger partial charge in [-0.25, -0.2) is 0 Å². The quantitative estimate of drug-likeness (QED) is 0.854. The average Bonchev–Trinajstić information content (AvgIpc) is 2.33. The molecule has 1 N–H and O–H groups in total. The first-order valence-electron chi connectivity index (χ1n) is 6.98. The van der Waals surface area contributed by atoms with Crippen LogP contribution >= 0.6 is 0 Å². The van der Waals surface area contributed by atoms with E-state index in [9.17, 15) is 4.79 Å². The average molecular weight is 262 g/mol. The first-order valence-corrected chi connectivity index (χ1v) is 6.98. The lowest BCUT2D eigenvalue weighted by atomic mass is 10.1. The van der Waals surface area contributed by atoms with Crippen LogP contribution in [0.2, 0.25) is 0 Å². The second-order valence-corrected chi connectivity index (χ2v) is 5.90. The number of rotatable bonds is 6. The van der Waals surface area contributed by atoms with E-state index in [0.29, 0.717) is 6.54 Å². The van der Waals surface area contributed by atoms with Crippen molar-refractivity contribution < 1.29 is 4.79 Å². The zero-order valence-electron chi connectivity index (χ0n) is 12.6. The Labute approximate surface area is 117 Å². The summed E-state index contributed by atoms with van der Waals surface area (Å²) in [4.78, 5) is 14.1. The van der Waals surface area contributed by atoms with Gasteiger partial charge in [0.15, 0.2) is 0 Å². The fourth-order valence-corrected chi connectivity index (χ4v) is 1.94. The minimum Gasteiger partial charge on any atom is -0.350 e. The minimum absolute atomic E-state index is 0.0995. The Kier molecular flexibility index (Phi) is 6.03. The molecule has 1 rings (SSSR count). The summed E-state index contributed by atoms with van der Waals surface area (Å²) in [5, 5.41) is 3.00. The number of hydrogen-bond acceptors (Lipinski definition) is 2. The Hall–Kier alpha value is -1.35. The van der Waals surface area contributed by atoms with E-state index < -0.39 is 0 Å². The van der Waals surface area contributed by atoms with E-state index in [-0.39, 0.29) is 11.4 Å². The van der Waals surface area contributed by atoms with Gasteiger partial charge in [-0.15, -0.1) is 0 Å². The van der Waals surface area contributed by atoms with Gasteiger partial charge in [-0.05, 0) is 39.3 Å². The molecule has 1 aromatic rings. The van der Waals surface area contributed by atoms with E-state index in [2.05, 4.69) is 41.4 Å². The maximum absolute atomic E-state index is 11.9. The van der Waals surface area contributed by atoms with Gasteiger partial charge in [0.25, 0.3) is 0 Å². The lowest BCUT2D eigenvalue weighted by molar-refractivity contribution is -0.123. The van der Waals surface area contributed by atoms with Gasteiger partial charge in [-0.1, -0.05) is 37.3 Å². The molecule has 0 aromatic heterocycles. The van der Waals surface area contributed by atoms with Gasteiger partial charge in [0.05, 0.1) is 6.54 Å². The Morgan fingerprint density at radius 2 is 1.84 bits per heavy atom. The third-order valence-electron chi connectivity index (χ3n) is 2.89. The fourth-order valence-electron chi connectivity index (χ4n) is 1.94. The highest BCUT2D eigenvalue weighted by Gasteiger charge is 2.15. The molecule has 0 aliphatic heterocycles. The van der Waals surface area contributed by atoms with Gasteiger partial charge in [0.1, 0.15) is 0 Å². The van der Waals surface area contributed by atoms with Crippen molar-refractivity contribution in [1.82, 2.24) is 10.2 Å². The van der Waals surface area contributed by atoms with Crippen molar-refractivity contribution in [2.24, 2.45) is 0 Å². The van der Waals surface area contributed by atoms with Crippen LogP contribution in [0.5, 0.6) is 0 Å². The molecular weight excluding hydrogens is 236 g/mol. The van der Waals surface area contributed by atoms with Crippen molar-refractivity contribution in [1.29, 1.82) is 0 Å². The molecule has 0 saturated carbocycles. The molecule has 1 amide bonds. The number of amides is 1. The summed E-state index contributed by atoms with van der Waals surface area (Å²) in [5.74, 6) is 0.0995. The summed E-state index contributed by atoms with van der Waals surface area (Å²) in [6.07, 6.45) is 0.984. The van der Waals surface area contributed by atoms with Crippen molar-refractivity contribution in [2.45, 2.75) is 39.7 Å². The van der Waals surface area contributed by atoms with Gasteiger partial charge >= 0.3 is 0 Å². The molecule has 0 aliphatic carbocycles. The Bertz CT molecular complexity index is 381. The highest BCUT2D eigenvalue weighted by Crippen LogP contribution is 2.02. The first kappa shape index (κ1) is 15.7. The molecule has 0 saturated heterocycles. The van der Waals surface area contributed by atoms with Crippen molar-refractivity contribution in [2.75, 3.05) is 19.6 Å². The normalized spacial score (nSPS) is 11.6. The van der Waals surface area contributed by atoms with E-state index in [1.807, 2.05) is 26.8 Å². The molecule has 1 aromatic carbocycles. The van der Waals surface area contributed by atoms with Crippen LogP contribution in [0.3, 0.4) is 0 Å². The highest BCUT2D eigenvalue weighted by molar-refractivity contribution is 5.78. The second kappa shape index (κ2) is 7.29. The van der Waals surface area contributed by atoms with E-state index in [1.165, 1.54) is 5.56 Å². The zero-order chi connectivity index (χ0) is 14.3. The van der Waals surface area contributed by atoms with Gasteiger partial charge in [0.2, 0.25) is 5.91 Å². The monoisotopic (exact) mass is 262 g/mol. The zero-order valence-corrected chi connectivity index (χ0v) is 12.6. The van der Waals surface area contributed by atoms with Crippen molar-refractivity contribution in [3.63, 3.8) is 0 Å². The maximum atomic E-state index is 11.9. The third-order valence-corrected chi connectivity index (χ3v) is 2.89. The SMILES string of the molecule is CCN(CCc1ccccc1)CC(=O)NC(C)(C)C. The van der Waals surface area contributed by atoms with Gasteiger partial charge in [-0.3, -0.25) is 9.69 Å². The van der Waals surface area contributed by atoms with Gasteiger partial charge in [-0.2, -0.15) is 0 Å². The summed E-state index contributed by atoms with van der Waals surface area (Å²) < 4.78 is 0. The molecule has 0 fully saturated rings.